The van der Waals surface area contributed by atoms with E-state index < -0.39 is 0 Å². The third-order valence-electron chi connectivity index (χ3n) is 4.43. The molecule has 0 radical (unpaired) electrons. The summed E-state index contributed by atoms with van der Waals surface area (Å²) in [6.45, 7) is 0.737. The Balaban J connectivity index is 1.67. The maximum absolute atomic E-state index is 13.0. The molecule has 3 aromatic heterocycles. The van der Waals surface area contributed by atoms with Crippen molar-refractivity contribution < 1.29 is 9.53 Å². The number of pyridine rings is 2. The topological polar surface area (TPSA) is 86.1 Å². The van der Waals surface area contributed by atoms with Crippen LogP contribution >= 0.6 is 11.3 Å². The van der Waals surface area contributed by atoms with Crippen LogP contribution < -0.4 is 10.9 Å². The summed E-state index contributed by atoms with van der Waals surface area (Å²) < 4.78 is 6.58. The largest absolute Gasteiger partial charge is 0.383 e. The van der Waals surface area contributed by atoms with E-state index in [0.717, 1.165) is 5.69 Å². The molecule has 29 heavy (non-hydrogen) atoms. The van der Waals surface area contributed by atoms with Gasteiger partial charge >= 0.3 is 0 Å². The summed E-state index contributed by atoms with van der Waals surface area (Å²) in [6.07, 6.45) is 3.27. The quantitative estimate of drug-likeness (QED) is 0.530. The number of nitrogens with zero attached hydrogens (tertiary/aromatic N) is 3. The highest BCUT2D eigenvalue weighted by molar-refractivity contribution is 7.14. The van der Waals surface area contributed by atoms with E-state index in [4.69, 9.17) is 4.74 Å². The smallest absolute Gasteiger partial charge is 0.259 e. The van der Waals surface area contributed by atoms with Gasteiger partial charge in [-0.3, -0.25) is 19.9 Å². The van der Waals surface area contributed by atoms with E-state index in [2.05, 4.69) is 15.3 Å². The molecule has 0 saturated heterocycles. The van der Waals surface area contributed by atoms with Crippen LogP contribution in [0, 0.1) is 0 Å². The minimum absolute atomic E-state index is 0.152. The van der Waals surface area contributed by atoms with Crippen molar-refractivity contribution in [2.45, 2.75) is 6.54 Å². The number of methoxy groups -OCH3 is 1. The first-order valence-electron chi connectivity index (χ1n) is 8.97. The second-order valence-electron chi connectivity index (χ2n) is 6.29. The van der Waals surface area contributed by atoms with E-state index in [9.17, 15) is 9.59 Å². The summed E-state index contributed by atoms with van der Waals surface area (Å²) in [6, 6.07) is 12.7. The van der Waals surface area contributed by atoms with Crippen molar-refractivity contribution in [3.8, 4) is 11.4 Å². The number of hydrogen-bond donors (Lipinski definition) is 1. The Morgan fingerprint density at radius 1 is 1.14 bits per heavy atom. The van der Waals surface area contributed by atoms with Crippen molar-refractivity contribution in [3.05, 3.63) is 76.2 Å². The number of thiazole rings is 1. The van der Waals surface area contributed by atoms with Gasteiger partial charge < -0.3 is 9.30 Å². The van der Waals surface area contributed by atoms with Gasteiger partial charge in [-0.15, -0.1) is 11.3 Å². The fraction of sp³-hybridized carbons (Fsp3) is 0.143. The van der Waals surface area contributed by atoms with Crippen molar-refractivity contribution in [1.29, 1.82) is 0 Å². The molecule has 4 aromatic rings. The van der Waals surface area contributed by atoms with Gasteiger partial charge in [-0.2, -0.15) is 0 Å². The van der Waals surface area contributed by atoms with Crippen LogP contribution in [0.3, 0.4) is 0 Å². The van der Waals surface area contributed by atoms with E-state index in [0.29, 0.717) is 40.3 Å². The molecule has 1 amide bonds. The Morgan fingerprint density at radius 3 is 2.69 bits per heavy atom. The molecule has 0 aliphatic rings. The van der Waals surface area contributed by atoms with Crippen LogP contribution in [0.5, 0.6) is 0 Å². The predicted octanol–water partition coefficient (Wildman–Crippen LogP) is 3.42. The Kier molecular flexibility index (Phi) is 5.46. The minimum Gasteiger partial charge on any atom is -0.383 e. The molecule has 0 bridgehead atoms. The molecule has 0 aliphatic carbocycles. The average Bonchev–Trinajstić information content (AvgIpc) is 3.22. The predicted molar refractivity (Wildman–Crippen MR) is 113 cm³/mol. The molecule has 0 aliphatic heterocycles. The van der Waals surface area contributed by atoms with Gasteiger partial charge in [-0.1, -0.05) is 24.3 Å². The van der Waals surface area contributed by atoms with Gasteiger partial charge in [0.2, 0.25) is 0 Å². The van der Waals surface area contributed by atoms with E-state index in [1.54, 1.807) is 43.8 Å². The number of hydrogen-bond acceptors (Lipinski definition) is 6. The van der Waals surface area contributed by atoms with Crippen molar-refractivity contribution in [3.63, 3.8) is 0 Å². The highest BCUT2D eigenvalue weighted by Crippen LogP contribution is 2.24. The number of ether oxygens (including phenoxy) is 1. The van der Waals surface area contributed by atoms with Crippen molar-refractivity contribution >= 4 is 33.1 Å². The van der Waals surface area contributed by atoms with Crippen LogP contribution in [0.4, 0.5) is 5.13 Å². The Hall–Kier alpha value is -3.36. The van der Waals surface area contributed by atoms with Gasteiger partial charge in [0, 0.05) is 42.2 Å². The standard InChI is InChI=1S/C21H18N4O3S/c1-28-11-10-25-12-16(14-6-2-3-7-15(14)20(25)27)19(26)24-21-23-18(13-29-21)17-8-4-5-9-22-17/h2-9,12-13H,10-11H2,1H3,(H,23,24,26). The zero-order valence-electron chi connectivity index (χ0n) is 15.7. The Morgan fingerprint density at radius 2 is 1.93 bits per heavy atom. The monoisotopic (exact) mass is 406 g/mol. The lowest BCUT2D eigenvalue weighted by Crippen LogP contribution is -2.25. The molecule has 1 N–H and O–H groups in total. The lowest BCUT2D eigenvalue weighted by atomic mass is 10.1. The lowest BCUT2D eigenvalue weighted by Gasteiger charge is -2.11. The zero-order valence-corrected chi connectivity index (χ0v) is 16.5. The molecule has 0 fully saturated rings. The number of nitrogens with one attached hydrogen (secondary N) is 1. The molecule has 7 nitrogen and oxygen atoms in total. The molecule has 1 aromatic carbocycles. The number of benzene rings is 1. The first-order valence-corrected chi connectivity index (χ1v) is 9.85. The molecule has 4 rings (SSSR count). The normalized spacial score (nSPS) is 10.9. The van der Waals surface area contributed by atoms with Crippen LogP contribution in [0.25, 0.3) is 22.2 Å². The van der Waals surface area contributed by atoms with E-state index in [1.807, 2.05) is 23.6 Å². The Bertz CT molecular complexity index is 1220. The van der Waals surface area contributed by atoms with E-state index >= 15 is 0 Å². The SMILES string of the molecule is COCCn1cc(C(=O)Nc2nc(-c3ccccn3)cs2)c2ccccc2c1=O. The summed E-state index contributed by atoms with van der Waals surface area (Å²) in [5.74, 6) is -0.325. The first-order chi connectivity index (χ1) is 14.2. The third kappa shape index (κ3) is 3.94. The minimum atomic E-state index is -0.325. The number of aromatic nitrogens is 3. The molecule has 0 spiro atoms. The number of carbonyl (C=O) groups is 1. The van der Waals surface area contributed by atoms with Gasteiger partial charge in [-0.05, 0) is 18.2 Å². The summed E-state index contributed by atoms with van der Waals surface area (Å²) in [5.41, 5.74) is 1.69. The lowest BCUT2D eigenvalue weighted by molar-refractivity contribution is 0.102. The van der Waals surface area contributed by atoms with Gasteiger partial charge in [0.25, 0.3) is 11.5 Å². The van der Waals surface area contributed by atoms with Crippen LogP contribution in [0.2, 0.25) is 0 Å². The van der Waals surface area contributed by atoms with Crippen molar-refractivity contribution in [2.75, 3.05) is 19.0 Å². The van der Waals surface area contributed by atoms with Crippen LogP contribution in [-0.2, 0) is 11.3 Å². The van der Waals surface area contributed by atoms with Crippen LogP contribution in [-0.4, -0.2) is 34.2 Å². The number of rotatable bonds is 6. The molecule has 0 atom stereocenters. The summed E-state index contributed by atoms with van der Waals surface area (Å²) >= 11 is 1.32. The second-order valence-corrected chi connectivity index (χ2v) is 7.14. The highest BCUT2D eigenvalue weighted by atomic mass is 32.1. The molecular weight excluding hydrogens is 388 g/mol. The molecule has 0 saturated carbocycles. The Labute approximate surface area is 170 Å². The van der Waals surface area contributed by atoms with Gasteiger partial charge in [0.05, 0.1) is 17.9 Å². The van der Waals surface area contributed by atoms with Crippen LogP contribution in [0.15, 0.2) is 65.0 Å². The average molecular weight is 406 g/mol. The van der Waals surface area contributed by atoms with E-state index in [-0.39, 0.29) is 11.5 Å². The highest BCUT2D eigenvalue weighted by Gasteiger charge is 2.16. The van der Waals surface area contributed by atoms with Crippen LogP contribution in [0.1, 0.15) is 10.4 Å². The van der Waals surface area contributed by atoms with Crippen molar-refractivity contribution in [1.82, 2.24) is 14.5 Å². The number of amides is 1. The van der Waals surface area contributed by atoms with Crippen molar-refractivity contribution in [2.24, 2.45) is 0 Å². The van der Waals surface area contributed by atoms with Gasteiger partial charge in [-0.25, -0.2) is 4.98 Å². The fourth-order valence-corrected chi connectivity index (χ4v) is 3.71. The summed E-state index contributed by atoms with van der Waals surface area (Å²) in [7, 11) is 1.57. The fourth-order valence-electron chi connectivity index (χ4n) is 3.01. The molecule has 8 heteroatoms. The number of fused-ring (bicyclic) bond motifs is 1. The third-order valence-corrected chi connectivity index (χ3v) is 5.18. The molecule has 0 unspecified atom stereocenters. The van der Waals surface area contributed by atoms with Gasteiger partial charge in [0.15, 0.2) is 5.13 Å². The zero-order chi connectivity index (χ0) is 20.2. The first kappa shape index (κ1) is 19.0. The number of anilines is 1. The molecule has 3 heterocycles. The molecular formula is C21H18N4O3S. The second kappa shape index (κ2) is 8.34. The summed E-state index contributed by atoms with van der Waals surface area (Å²) in [5, 5.41) is 6.24. The molecule has 146 valence electrons. The summed E-state index contributed by atoms with van der Waals surface area (Å²) in [4.78, 5) is 34.4. The van der Waals surface area contributed by atoms with E-state index in [1.165, 1.54) is 15.9 Å². The number of carbonyl (C=O) groups excluding carboxylic acids is 1. The van der Waals surface area contributed by atoms with Gasteiger partial charge in [0.1, 0.15) is 5.69 Å². The maximum atomic E-state index is 13.0. The maximum Gasteiger partial charge on any atom is 0.259 e.